The molecule has 0 saturated heterocycles. The summed E-state index contributed by atoms with van der Waals surface area (Å²) in [6.45, 7) is 4.56. The number of aromatic nitrogens is 1. The van der Waals surface area contributed by atoms with Crippen LogP contribution in [0.15, 0.2) is 21.8 Å². The van der Waals surface area contributed by atoms with Crippen molar-refractivity contribution in [1.29, 1.82) is 0 Å². The van der Waals surface area contributed by atoms with Crippen LogP contribution in [0.25, 0.3) is 10.9 Å². The normalized spacial score (nSPS) is 16.5. The van der Waals surface area contributed by atoms with Crippen LogP contribution in [0.3, 0.4) is 0 Å². The zero-order chi connectivity index (χ0) is 17.4. The number of carbonyl (C=O) groups is 1. The van der Waals surface area contributed by atoms with E-state index in [4.69, 9.17) is 5.73 Å². The second-order valence-electron chi connectivity index (χ2n) is 6.18. The Morgan fingerprint density at radius 2 is 2.21 bits per heavy atom. The molecule has 24 heavy (non-hydrogen) atoms. The summed E-state index contributed by atoms with van der Waals surface area (Å²) in [5, 5.41) is 10.1. The first kappa shape index (κ1) is 17.0. The topological polar surface area (TPSA) is 85.3 Å². The van der Waals surface area contributed by atoms with Gasteiger partial charge in [0, 0.05) is 34.3 Å². The maximum absolute atomic E-state index is 12.9. The molecule has 2 heterocycles. The molecule has 0 amide bonds. The zero-order valence-electron chi connectivity index (χ0n) is 14.0. The minimum absolute atomic E-state index is 0.0781. The lowest BCUT2D eigenvalue weighted by Gasteiger charge is -2.30. The summed E-state index contributed by atoms with van der Waals surface area (Å²) in [5.41, 5.74) is 7.82. The van der Waals surface area contributed by atoms with E-state index < -0.39 is 5.97 Å². The number of benzene rings is 1. The number of nitrogens with two attached hydrogens (primary N) is 1. The van der Waals surface area contributed by atoms with Gasteiger partial charge in [0.25, 0.3) is 0 Å². The number of nitrogens with zero attached hydrogens (tertiary/aromatic N) is 1. The minimum Gasteiger partial charge on any atom is -0.477 e. The Kier molecular flexibility index (Phi) is 4.69. The summed E-state index contributed by atoms with van der Waals surface area (Å²) in [6, 6.07) is 4.16. The summed E-state index contributed by atoms with van der Waals surface area (Å²) >= 11 is 1.61. The number of carboxylic acids is 1. The van der Waals surface area contributed by atoms with Gasteiger partial charge in [-0.2, -0.15) is 0 Å². The number of aryl methyl sites for hydroxylation is 1. The van der Waals surface area contributed by atoms with E-state index in [0.717, 1.165) is 34.6 Å². The molecule has 1 aromatic heterocycles. The predicted octanol–water partition coefficient (Wildman–Crippen LogP) is 2.82. The van der Waals surface area contributed by atoms with Gasteiger partial charge in [-0.05, 0) is 43.9 Å². The Bertz CT molecular complexity index is 873. The highest BCUT2D eigenvalue weighted by molar-refractivity contribution is 7.99. The van der Waals surface area contributed by atoms with E-state index in [1.807, 2.05) is 13.0 Å². The molecule has 0 aliphatic carbocycles. The maximum Gasteiger partial charge on any atom is 0.341 e. The van der Waals surface area contributed by atoms with Crippen LogP contribution in [0.5, 0.6) is 0 Å². The van der Waals surface area contributed by atoms with Crippen molar-refractivity contribution in [2.75, 3.05) is 12.3 Å². The third kappa shape index (κ3) is 2.63. The number of pyridine rings is 1. The Labute approximate surface area is 144 Å². The van der Waals surface area contributed by atoms with Gasteiger partial charge in [-0.25, -0.2) is 4.79 Å². The number of aromatic carboxylic acids is 1. The summed E-state index contributed by atoms with van der Waals surface area (Å²) in [6.07, 6.45) is 2.38. The monoisotopic (exact) mass is 346 g/mol. The molecule has 5 nitrogen and oxygen atoms in total. The van der Waals surface area contributed by atoms with Crippen molar-refractivity contribution in [2.24, 2.45) is 5.73 Å². The average molecular weight is 346 g/mol. The second kappa shape index (κ2) is 6.61. The fraction of sp³-hybridized carbons (Fsp3) is 0.444. The van der Waals surface area contributed by atoms with Gasteiger partial charge in [0.2, 0.25) is 5.43 Å². The smallest absolute Gasteiger partial charge is 0.341 e. The molecule has 3 N–H and O–H groups in total. The minimum atomic E-state index is -1.14. The van der Waals surface area contributed by atoms with E-state index in [1.54, 1.807) is 11.8 Å². The lowest BCUT2D eigenvalue weighted by Crippen LogP contribution is -2.28. The predicted molar refractivity (Wildman–Crippen MR) is 97.4 cm³/mol. The van der Waals surface area contributed by atoms with Crippen LogP contribution >= 0.6 is 11.8 Å². The van der Waals surface area contributed by atoms with Crippen molar-refractivity contribution >= 4 is 28.6 Å². The highest BCUT2D eigenvalue weighted by Crippen LogP contribution is 2.35. The van der Waals surface area contributed by atoms with Crippen molar-refractivity contribution in [2.45, 2.75) is 44.0 Å². The number of thioether (sulfide) groups is 1. The molecule has 0 radical (unpaired) electrons. The van der Waals surface area contributed by atoms with Gasteiger partial charge in [0.1, 0.15) is 5.56 Å². The van der Waals surface area contributed by atoms with Gasteiger partial charge in [-0.1, -0.05) is 6.92 Å². The lowest BCUT2D eigenvalue weighted by atomic mass is 9.94. The fourth-order valence-electron chi connectivity index (χ4n) is 3.64. The third-order valence-electron chi connectivity index (χ3n) is 4.66. The van der Waals surface area contributed by atoms with Crippen molar-refractivity contribution in [3.8, 4) is 0 Å². The van der Waals surface area contributed by atoms with Crippen LogP contribution < -0.4 is 11.2 Å². The van der Waals surface area contributed by atoms with Crippen LogP contribution in [-0.2, 0) is 12.8 Å². The summed E-state index contributed by atoms with van der Waals surface area (Å²) in [4.78, 5) is 25.6. The fourth-order valence-corrected chi connectivity index (χ4v) is 4.42. The van der Waals surface area contributed by atoms with E-state index in [1.165, 1.54) is 0 Å². The quantitative estimate of drug-likeness (QED) is 0.813. The van der Waals surface area contributed by atoms with Gasteiger partial charge in [0.15, 0.2) is 0 Å². The molecule has 2 aromatic rings. The van der Waals surface area contributed by atoms with Gasteiger partial charge in [-0.3, -0.25) is 4.79 Å². The molecule has 1 aliphatic rings. The molecular formula is C18H22N2O3S. The number of hydrogen-bond donors (Lipinski definition) is 2. The molecule has 128 valence electrons. The Balaban J connectivity index is 2.42. The maximum atomic E-state index is 12.9. The van der Waals surface area contributed by atoms with Crippen LogP contribution in [0, 0.1) is 0 Å². The Morgan fingerprint density at radius 3 is 2.83 bits per heavy atom. The van der Waals surface area contributed by atoms with E-state index >= 15 is 0 Å². The highest BCUT2D eigenvalue weighted by Gasteiger charge is 2.27. The van der Waals surface area contributed by atoms with E-state index in [0.29, 0.717) is 24.0 Å². The van der Waals surface area contributed by atoms with Crippen molar-refractivity contribution < 1.29 is 9.90 Å². The largest absolute Gasteiger partial charge is 0.477 e. The van der Waals surface area contributed by atoms with Gasteiger partial charge in [0.05, 0.1) is 5.52 Å². The van der Waals surface area contributed by atoms with Crippen molar-refractivity contribution in [1.82, 2.24) is 4.57 Å². The lowest BCUT2D eigenvalue weighted by molar-refractivity contribution is 0.0693. The molecule has 0 spiro atoms. The van der Waals surface area contributed by atoms with Crippen LogP contribution in [0.1, 0.15) is 47.9 Å². The molecule has 0 bridgehead atoms. The SMILES string of the molecule is CCc1c(C(=O)O)c(=O)c2cc(SCCN)cc3c2n1C(C)CC3. The van der Waals surface area contributed by atoms with Crippen LogP contribution in [0.4, 0.5) is 0 Å². The van der Waals surface area contributed by atoms with Crippen LogP contribution in [0.2, 0.25) is 0 Å². The van der Waals surface area contributed by atoms with E-state index in [9.17, 15) is 14.7 Å². The summed E-state index contributed by atoms with van der Waals surface area (Å²) < 4.78 is 2.08. The Morgan fingerprint density at radius 1 is 1.46 bits per heavy atom. The summed E-state index contributed by atoms with van der Waals surface area (Å²) in [5.74, 6) is -0.365. The second-order valence-corrected chi connectivity index (χ2v) is 7.35. The zero-order valence-corrected chi connectivity index (χ0v) is 14.8. The number of hydrogen-bond acceptors (Lipinski definition) is 4. The molecule has 0 fully saturated rings. The molecule has 1 aromatic carbocycles. The standard InChI is InChI=1S/C18H22N2O3S/c1-3-14-15(18(22)23)17(21)13-9-12(24-7-6-19)8-11-5-4-10(2)20(14)16(11)13/h8-10H,3-7,19H2,1-2H3,(H,22,23). The van der Waals surface area contributed by atoms with Crippen molar-refractivity contribution in [3.05, 3.63) is 39.2 Å². The molecule has 1 aliphatic heterocycles. The molecule has 3 rings (SSSR count). The molecule has 1 unspecified atom stereocenters. The molecular weight excluding hydrogens is 324 g/mol. The first-order valence-electron chi connectivity index (χ1n) is 8.29. The molecule has 6 heteroatoms. The number of rotatable bonds is 5. The van der Waals surface area contributed by atoms with Gasteiger partial charge in [-0.15, -0.1) is 11.8 Å². The molecule has 1 atom stereocenters. The third-order valence-corrected chi connectivity index (χ3v) is 5.67. The number of carboxylic acid groups (broad SMARTS) is 1. The van der Waals surface area contributed by atoms with Gasteiger partial charge >= 0.3 is 5.97 Å². The van der Waals surface area contributed by atoms with Crippen molar-refractivity contribution in [3.63, 3.8) is 0 Å². The average Bonchev–Trinajstić information content (AvgIpc) is 2.56. The van der Waals surface area contributed by atoms with E-state index in [-0.39, 0.29) is 17.0 Å². The summed E-state index contributed by atoms with van der Waals surface area (Å²) in [7, 11) is 0. The van der Waals surface area contributed by atoms with Gasteiger partial charge < -0.3 is 15.4 Å². The first-order chi connectivity index (χ1) is 11.5. The first-order valence-corrected chi connectivity index (χ1v) is 9.28. The molecule has 0 saturated carbocycles. The van der Waals surface area contributed by atoms with E-state index in [2.05, 4.69) is 17.6 Å². The highest BCUT2D eigenvalue weighted by atomic mass is 32.2. The Hall–Kier alpha value is -1.79. The van der Waals surface area contributed by atoms with Crippen LogP contribution in [-0.4, -0.2) is 27.9 Å².